The van der Waals surface area contributed by atoms with Crippen LogP contribution in [0.3, 0.4) is 0 Å². The number of carbonyl (C=O) groups excluding carboxylic acids is 3. The third-order valence-corrected chi connectivity index (χ3v) is 7.68. The fourth-order valence-corrected chi connectivity index (χ4v) is 5.39. The van der Waals surface area contributed by atoms with Gasteiger partial charge in [0.1, 0.15) is 23.0 Å². The monoisotopic (exact) mass is 547 g/mol. The van der Waals surface area contributed by atoms with Gasteiger partial charge in [0.2, 0.25) is 0 Å². The number of hydrogen-bond acceptors (Lipinski definition) is 5. The van der Waals surface area contributed by atoms with Crippen molar-refractivity contribution in [2.75, 3.05) is 13.1 Å². The Kier molecular flexibility index (Phi) is 10.4. The van der Waals surface area contributed by atoms with Crippen molar-refractivity contribution in [3.05, 3.63) is 70.8 Å². The van der Waals surface area contributed by atoms with Crippen LogP contribution in [0.15, 0.2) is 47.5 Å². The van der Waals surface area contributed by atoms with E-state index in [0.29, 0.717) is 43.2 Å². The van der Waals surface area contributed by atoms with Gasteiger partial charge in [-0.25, -0.2) is 8.78 Å². The van der Waals surface area contributed by atoms with Crippen LogP contribution in [0.1, 0.15) is 67.4 Å². The van der Waals surface area contributed by atoms with Gasteiger partial charge in [-0.1, -0.05) is 26.0 Å². The Hall–Kier alpha value is -2.62. The van der Waals surface area contributed by atoms with Crippen LogP contribution >= 0.6 is 0 Å². The van der Waals surface area contributed by atoms with Gasteiger partial charge in [0.25, 0.3) is 11.8 Å². The molecule has 4 rings (SSSR count). The van der Waals surface area contributed by atoms with Crippen LogP contribution < -0.4 is 40.0 Å². The van der Waals surface area contributed by atoms with Gasteiger partial charge in [0, 0.05) is 36.6 Å². The maximum Gasteiger partial charge on any atom is 1.00 e. The molecule has 10 heteroatoms. The Morgan fingerprint density at radius 1 is 1.13 bits per heavy atom. The number of hydrogen-bond donors (Lipinski definition) is 1. The van der Waals surface area contributed by atoms with Crippen molar-refractivity contribution in [3.8, 4) is 0 Å². The predicted molar refractivity (Wildman–Crippen MR) is 136 cm³/mol. The molecule has 1 aliphatic heterocycles. The van der Waals surface area contributed by atoms with Crippen LogP contribution in [0.5, 0.6) is 0 Å². The van der Waals surface area contributed by atoms with Crippen molar-refractivity contribution in [2.24, 2.45) is 16.8 Å². The minimum absolute atomic E-state index is 0. The first-order chi connectivity index (χ1) is 18.1. The van der Waals surface area contributed by atoms with Crippen molar-refractivity contribution >= 4 is 23.5 Å². The third-order valence-electron chi connectivity index (χ3n) is 7.68. The average Bonchev–Trinajstić information content (AvgIpc) is 3.14. The van der Waals surface area contributed by atoms with E-state index in [9.17, 15) is 28.3 Å². The zero-order valence-corrected chi connectivity index (χ0v) is 24.6. The van der Waals surface area contributed by atoms with E-state index in [1.54, 1.807) is 29.2 Å². The van der Waals surface area contributed by atoms with Crippen LogP contribution in [-0.2, 0) is 16.0 Å². The van der Waals surface area contributed by atoms with E-state index in [1.165, 1.54) is 0 Å². The number of carboxylic acid groups (broad SMARTS) is 1. The Morgan fingerprint density at radius 3 is 2.41 bits per heavy atom. The first-order valence-electron chi connectivity index (χ1n) is 13.0. The fraction of sp³-hybridized carbons (Fsp3) is 0.448. The van der Waals surface area contributed by atoms with E-state index < -0.39 is 29.2 Å². The van der Waals surface area contributed by atoms with Gasteiger partial charge in [-0.3, -0.25) is 14.6 Å². The molecule has 0 unspecified atom stereocenters. The molecule has 0 radical (unpaired) electrons. The third kappa shape index (κ3) is 7.13. The second-order valence-corrected chi connectivity index (χ2v) is 10.4. The molecule has 1 spiro atoms. The summed E-state index contributed by atoms with van der Waals surface area (Å²) in [6, 6.07) is 9.91. The molecule has 1 heterocycles. The van der Waals surface area contributed by atoms with Gasteiger partial charge in [-0.05, 0) is 79.8 Å². The van der Waals surface area contributed by atoms with Crippen LogP contribution in [0.4, 0.5) is 8.78 Å². The summed E-state index contributed by atoms with van der Waals surface area (Å²) in [5.41, 5.74) is 0.348. The molecule has 0 aromatic heterocycles. The number of benzene rings is 2. The maximum absolute atomic E-state index is 14.6. The van der Waals surface area contributed by atoms with Crippen LogP contribution in [0, 0.1) is 23.5 Å². The molecule has 0 saturated heterocycles. The summed E-state index contributed by atoms with van der Waals surface area (Å²) in [6.07, 6.45) is 3.33. The molecule has 1 fully saturated rings. The van der Waals surface area contributed by atoms with Crippen molar-refractivity contribution in [1.29, 1.82) is 0 Å². The quantitative estimate of drug-likeness (QED) is 0.455. The molecular formula is C29H32F2N3NaO4. The smallest absolute Gasteiger partial charge is 0.550 e. The summed E-state index contributed by atoms with van der Waals surface area (Å²) in [7, 11) is 0. The summed E-state index contributed by atoms with van der Waals surface area (Å²) in [5.74, 6) is -2.30. The number of aliphatic carboxylic acids is 1. The number of carboxylic acids is 1. The van der Waals surface area contributed by atoms with Gasteiger partial charge >= 0.3 is 29.6 Å². The molecular weight excluding hydrogens is 515 g/mol. The number of aliphatic imine (C=N–C) groups is 1. The van der Waals surface area contributed by atoms with Crippen LogP contribution in [-0.4, -0.2) is 47.1 Å². The van der Waals surface area contributed by atoms with Gasteiger partial charge in [-0.15, -0.1) is 0 Å². The van der Waals surface area contributed by atoms with E-state index in [4.69, 9.17) is 4.99 Å². The predicted octanol–water partition coefficient (Wildman–Crippen LogP) is 0.255. The summed E-state index contributed by atoms with van der Waals surface area (Å²) in [5, 5.41) is 13.0. The van der Waals surface area contributed by atoms with E-state index >= 15 is 0 Å². The molecule has 0 bridgehead atoms. The zero-order valence-electron chi connectivity index (χ0n) is 22.6. The number of nitrogens with one attached hydrogen (secondary N) is 1. The summed E-state index contributed by atoms with van der Waals surface area (Å²) in [4.78, 5) is 42.8. The Morgan fingerprint density at radius 2 is 1.79 bits per heavy atom. The number of nitrogens with zero attached hydrogens (tertiary/aromatic N) is 2. The van der Waals surface area contributed by atoms with Gasteiger partial charge < -0.3 is 20.1 Å². The number of rotatable bonds is 9. The first kappa shape index (κ1) is 30.9. The van der Waals surface area contributed by atoms with Crippen molar-refractivity contribution in [3.63, 3.8) is 0 Å². The summed E-state index contributed by atoms with van der Waals surface area (Å²) in [6.45, 7) is 4.69. The summed E-state index contributed by atoms with van der Waals surface area (Å²) < 4.78 is 28.6. The van der Waals surface area contributed by atoms with Gasteiger partial charge in [0.05, 0.1) is 0 Å². The van der Waals surface area contributed by atoms with Crippen LogP contribution in [0.2, 0.25) is 0 Å². The SMILES string of the molecule is CC(C)C1CCC2(CC1)N=C(c1cc(F)ccc1F)C(=O)N2CCc1ccc(C(=O)NCCC(=O)[O-])cc1.[Na+]. The topological polar surface area (TPSA) is 102 Å². The van der Waals surface area contributed by atoms with Crippen molar-refractivity contribution in [1.82, 2.24) is 10.2 Å². The second kappa shape index (κ2) is 13.2. The number of halogens is 2. The normalized spacial score (nSPS) is 20.6. The van der Waals surface area contributed by atoms with E-state index in [2.05, 4.69) is 19.2 Å². The van der Waals surface area contributed by atoms with Crippen molar-refractivity contribution < 1.29 is 57.8 Å². The zero-order chi connectivity index (χ0) is 27.4. The van der Waals surface area contributed by atoms with E-state index in [-0.39, 0.29) is 59.7 Å². The molecule has 39 heavy (non-hydrogen) atoms. The fourth-order valence-electron chi connectivity index (χ4n) is 5.39. The standard InChI is InChI=1S/C29H33F2N3O4.Na/c1-18(2)20-9-13-29(14-10-20)33-26(23-17-22(30)7-8-24(23)31)28(38)34(29)16-12-19-3-5-21(6-4-19)27(37)32-15-11-25(35)36;/h3-8,17-18,20H,9-16H2,1-2H3,(H,32,37)(H,35,36);/q;+1/p-1. The van der Waals surface area contributed by atoms with Crippen LogP contribution in [0.25, 0.3) is 0 Å². The number of carbonyl (C=O) groups is 3. The molecule has 2 amide bonds. The molecule has 1 N–H and O–H groups in total. The average molecular weight is 548 g/mol. The Bertz CT molecular complexity index is 1240. The molecule has 7 nitrogen and oxygen atoms in total. The molecule has 0 atom stereocenters. The molecule has 2 aliphatic rings. The first-order valence-corrected chi connectivity index (χ1v) is 13.0. The van der Waals surface area contributed by atoms with Gasteiger partial charge in [-0.2, -0.15) is 0 Å². The number of amides is 2. The minimum Gasteiger partial charge on any atom is -0.550 e. The summed E-state index contributed by atoms with van der Waals surface area (Å²) >= 11 is 0. The Balaban J connectivity index is 0.00000420. The minimum atomic E-state index is -1.24. The van der Waals surface area contributed by atoms with E-state index in [1.807, 2.05) is 0 Å². The molecule has 1 saturated carbocycles. The molecule has 202 valence electrons. The van der Waals surface area contributed by atoms with Crippen molar-refractivity contribution in [2.45, 2.75) is 58.0 Å². The maximum atomic E-state index is 14.6. The van der Waals surface area contributed by atoms with Gasteiger partial charge in [0.15, 0.2) is 0 Å². The Labute approximate surface area is 249 Å². The largest absolute Gasteiger partial charge is 1.00 e. The molecule has 2 aromatic rings. The van der Waals surface area contributed by atoms with E-state index in [0.717, 1.165) is 36.6 Å². The second-order valence-electron chi connectivity index (χ2n) is 10.4. The molecule has 1 aliphatic carbocycles. The molecule has 2 aromatic carbocycles.